The monoisotopic (exact) mass is 385 g/mol. The van der Waals surface area contributed by atoms with Crippen molar-refractivity contribution in [1.82, 2.24) is 19.7 Å². The van der Waals surface area contributed by atoms with E-state index < -0.39 is 5.91 Å². The van der Waals surface area contributed by atoms with Crippen LogP contribution in [0.4, 0.5) is 9.52 Å². The first-order valence-electron chi connectivity index (χ1n) is 7.60. The van der Waals surface area contributed by atoms with Crippen molar-refractivity contribution >= 4 is 33.7 Å². The van der Waals surface area contributed by atoms with Gasteiger partial charge in [-0.15, -0.1) is 27.8 Å². The fourth-order valence-corrected chi connectivity index (χ4v) is 3.71. The zero-order valence-corrected chi connectivity index (χ0v) is 15.1. The van der Waals surface area contributed by atoms with Crippen molar-refractivity contribution < 1.29 is 9.18 Å². The summed E-state index contributed by atoms with van der Waals surface area (Å²) in [7, 11) is 0. The number of aryl methyl sites for hydroxylation is 1. The molecule has 0 unspecified atom stereocenters. The molecule has 1 aromatic carbocycles. The first-order chi connectivity index (χ1) is 12.6. The smallest absolute Gasteiger partial charge is 0.295 e. The SMILES string of the molecule is Cc1csc(NC(=O)c2nc(-c3cccs3)n(-c3cccc(F)c3)n2)n1. The molecule has 4 aromatic rings. The maximum absolute atomic E-state index is 13.6. The van der Waals surface area contributed by atoms with Gasteiger partial charge in [-0.2, -0.15) is 0 Å². The van der Waals surface area contributed by atoms with Gasteiger partial charge in [-0.25, -0.2) is 19.0 Å². The summed E-state index contributed by atoms with van der Waals surface area (Å²) >= 11 is 2.79. The van der Waals surface area contributed by atoms with Crippen LogP contribution in [0, 0.1) is 12.7 Å². The standard InChI is InChI=1S/C17H12FN5OS2/c1-10-9-26-17(19-10)21-16(24)14-20-15(13-6-3-7-25-13)23(22-14)12-5-2-4-11(18)8-12/h2-9H,1H3,(H,19,21,24). The van der Waals surface area contributed by atoms with Gasteiger partial charge in [-0.3, -0.25) is 10.1 Å². The third-order valence-corrected chi connectivity index (χ3v) is 5.19. The fraction of sp³-hybridized carbons (Fsp3) is 0.0588. The Morgan fingerprint density at radius 3 is 2.77 bits per heavy atom. The van der Waals surface area contributed by atoms with Gasteiger partial charge in [-0.1, -0.05) is 12.1 Å². The van der Waals surface area contributed by atoms with Gasteiger partial charge in [0.25, 0.3) is 5.91 Å². The number of halogens is 1. The van der Waals surface area contributed by atoms with Crippen molar-refractivity contribution in [3.8, 4) is 16.4 Å². The first kappa shape index (κ1) is 16.6. The predicted octanol–water partition coefficient (Wildman–Crippen LogP) is 4.15. The normalized spacial score (nSPS) is 10.8. The molecule has 6 nitrogen and oxygen atoms in total. The fourth-order valence-electron chi connectivity index (χ4n) is 2.33. The van der Waals surface area contributed by atoms with Gasteiger partial charge in [0.2, 0.25) is 5.82 Å². The molecule has 0 bridgehead atoms. The lowest BCUT2D eigenvalue weighted by atomic mass is 10.3. The van der Waals surface area contributed by atoms with Crippen molar-refractivity contribution in [2.75, 3.05) is 5.32 Å². The van der Waals surface area contributed by atoms with Crippen LogP contribution < -0.4 is 5.32 Å². The van der Waals surface area contributed by atoms with Crippen LogP contribution in [0.2, 0.25) is 0 Å². The number of anilines is 1. The number of aromatic nitrogens is 4. The van der Waals surface area contributed by atoms with Crippen LogP contribution in [0.15, 0.2) is 47.2 Å². The summed E-state index contributed by atoms with van der Waals surface area (Å²) in [5.41, 5.74) is 1.31. The molecule has 26 heavy (non-hydrogen) atoms. The highest BCUT2D eigenvalue weighted by atomic mass is 32.1. The van der Waals surface area contributed by atoms with Crippen LogP contribution in [0.1, 0.15) is 16.3 Å². The first-order valence-corrected chi connectivity index (χ1v) is 9.36. The summed E-state index contributed by atoms with van der Waals surface area (Å²) in [6, 6.07) is 9.74. The highest BCUT2D eigenvalue weighted by molar-refractivity contribution is 7.14. The van der Waals surface area contributed by atoms with Crippen LogP contribution >= 0.6 is 22.7 Å². The molecular weight excluding hydrogens is 373 g/mol. The molecule has 0 aliphatic carbocycles. The van der Waals surface area contributed by atoms with E-state index in [2.05, 4.69) is 20.4 Å². The van der Waals surface area contributed by atoms with E-state index in [1.54, 1.807) is 12.1 Å². The molecule has 0 fully saturated rings. The molecule has 4 rings (SSSR count). The topological polar surface area (TPSA) is 72.7 Å². The zero-order chi connectivity index (χ0) is 18.1. The molecule has 0 saturated heterocycles. The minimum atomic E-state index is -0.465. The quantitative estimate of drug-likeness (QED) is 0.573. The van der Waals surface area contributed by atoms with Gasteiger partial charge in [0.15, 0.2) is 11.0 Å². The predicted molar refractivity (Wildman–Crippen MR) is 99.4 cm³/mol. The molecule has 0 saturated carbocycles. The molecule has 0 radical (unpaired) electrons. The molecular formula is C17H12FN5OS2. The third kappa shape index (κ3) is 3.26. The summed E-state index contributed by atoms with van der Waals surface area (Å²) in [5.74, 6) is -0.386. The molecule has 0 atom stereocenters. The highest BCUT2D eigenvalue weighted by Gasteiger charge is 2.20. The number of thiophene rings is 1. The van der Waals surface area contributed by atoms with Crippen LogP contribution in [0.25, 0.3) is 16.4 Å². The number of hydrogen-bond acceptors (Lipinski definition) is 6. The Balaban J connectivity index is 1.75. The highest BCUT2D eigenvalue weighted by Crippen LogP contribution is 2.26. The number of rotatable bonds is 4. The summed E-state index contributed by atoms with van der Waals surface area (Å²) < 4.78 is 15.1. The van der Waals surface area contributed by atoms with Crippen LogP contribution in [0.3, 0.4) is 0 Å². The zero-order valence-electron chi connectivity index (χ0n) is 13.5. The Labute approximate surface area is 156 Å². The van der Waals surface area contributed by atoms with Gasteiger partial charge in [0.05, 0.1) is 16.3 Å². The molecule has 1 N–H and O–H groups in total. The summed E-state index contributed by atoms with van der Waals surface area (Å²) in [6.45, 7) is 1.85. The number of amides is 1. The van der Waals surface area contributed by atoms with E-state index >= 15 is 0 Å². The summed E-state index contributed by atoms with van der Waals surface area (Å²) in [6.07, 6.45) is 0. The number of thiazole rings is 1. The molecule has 0 spiro atoms. The number of carbonyl (C=O) groups is 1. The van der Waals surface area contributed by atoms with Gasteiger partial charge < -0.3 is 0 Å². The lowest BCUT2D eigenvalue weighted by molar-refractivity contribution is 0.101. The number of benzene rings is 1. The third-order valence-electron chi connectivity index (χ3n) is 3.44. The molecule has 0 aliphatic rings. The van der Waals surface area contributed by atoms with E-state index in [1.807, 2.05) is 29.8 Å². The molecule has 1 amide bonds. The lowest BCUT2D eigenvalue weighted by Crippen LogP contribution is -2.14. The lowest BCUT2D eigenvalue weighted by Gasteiger charge is -2.04. The van der Waals surface area contributed by atoms with Crippen LogP contribution in [-0.2, 0) is 0 Å². The minimum absolute atomic E-state index is 0.00878. The molecule has 130 valence electrons. The maximum atomic E-state index is 13.6. The van der Waals surface area contributed by atoms with Crippen LogP contribution in [-0.4, -0.2) is 25.7 Å². The molecule has 3 heterocycles. The minimum Gasteiger partial charge on any atom is -0.295 e. The van der Waals surface area contributed by atoms with E-state index in [0.717, 1.165) is 10.6 Å². The van der Waals surface area contributed by atoms with Crippen molar-refractivity contribution in [3.05, 3.63) is 64.5 Å². The van der Waals surface area contributed by atoms with E-state index in [4.69, 9.17) is 0 Å². The van der Waals surface area contributed by atoms with E-state index in [1.165, 1.54) is 39.5 Å². The Kier molecular flexibility index (Phi) is 4.31. The van der Waals surface area contributed by atoms with Crippen molar-refractivity contribution in [2.24, 2.45) is 0 Å². The van der Waals surface area contributed by atoms with Crippen molar-refractivity contribution in [3.63, 3.8) is 0 Å². The maximum Gasteiger partial charge on any atom is 0.297 e. The van der Waals surface area contributed by atoms with Crippen molar-refractivity contribution in [2.45, 2.75) is 6.92 Å². The summed E-state index contributed by atoms with van der Waals surface area (Å²) in [4.78, 5) is 21.9. The van der Waals surface area contributed by atoms with Gasteiger partial charge in [0.1, 0.15) is 5.82 Å². The van der Waals surface area contributed by atoms with Crippen LogP contribution in [0.5, 0.6) is 0 Å². The Morgan fingerprint density at radius 2 is 2.08 bits per heavy atom. The number of nitrogens with zero attached hydrogens (tertiary/aromatic N) is 4. The number of hydrogen-bond donors (Lipinski definition) is 1. The number of carbonyl (C=O) groups excluding carboxylic acids is 1. The largest absolute Gasteiger partial charge is 0.297 e. The van der Waals surface area contributed by atoms with E-state index in [9.17, 15) is 9.18 Å². The average molecular weight is 385 g/mol. The molecule has 0 aliphatic heterocycles. The molecule has 9 heteroatoms. The number of nitrogens with one attached hydrogen (secondary N) is 1. The van der Waals surface area contributed by atoms with Gasteiger partial charge >= 0.3 is 0 Å². The second kappa shape index (κ2) is 6.77. The second-order valence-corrected chi connectivity index (χ2v) is 7.18. The van der Waals surface area contributed by atoms with E-state index in [-0.39, 0.29) is 11.6 Å². The average Bonchev–Trinajstić information content (AvgIpc) is 3.34. The molecule has 3 aromatic heterocycles. The Morgan fingerprint density at radius 1 is 1.19 bits per heavy atom. The van der Waals surface area contributed by atoms with Crippen molar-refractivity contribution in [1.29, 1.82) is 0 Å². The Bertz CT molecular complexity index is 1070. The summed E-state index contributed by atoms with van der Waals surface area (Å²) in [5, 5.41) is 11.2. The second-order valence-electron chi connectivity index (χ2n) is 5.38. The van der Waals surface area contributed by atoms with Gasteiger partial charge in [-0.05, 0) is 36.6 Å². The Hall–Kier alpha value is -2.91. The van der Waals surface area contributed by atoms with E-state index in [0.29, 0.717) is 16.6 Å². The van der Waals surface area contributed by atoms with Gasteiger partial charge in [0, 0.05) is 5.38 Å².